The maximum absolute atomic E-state index is 13.3. The summed E-state index contributed by atoms with van der Waals surface area (Å²) in [6, 6.07) is 1.74. The summed E-state index contributed by atoms with van der Waals surface area (Å²) in [6.45, 7) is 16.7. The van der Waals surface area contributed by atoms with Gasteiger partial charge in [-0.3, -0.25) is 4.79 Å². The van der Waals surface area contributed by atoms with Crippen molar-refractivity contribution < 1.29 is 9.22 Å². The lowest BCUT2D eigenvalue weighted by Crippen LogP contribution is -2.47. The number of fused-ring (bicyclic) bond motifs is 1. The largest absolute Gasteiger partial charge is 0.405 e. The smallest absolute Gasteiger partial charge is 0.193 e. The van der Waals surface area contributed by atoms with E-state index in [1.165, 1.54) is 6.33 Å². The molecule has 2 aromatic rings. The highest BCUT2D eigenvalue weighted by molar-refractivity contribution is 6.74. The zero-order chi connectivity index (χ0) is 20.2. The first-order chi connectivity index (χ1) is 12.4. The Balaban J connectivity index is 2.09. The van der Waals surface area contributed by atoms with Crippen LogP contribution in [0.5, 0.6) is 0 Å². The number of aromatic nitrogens is 3. The van der Waals surface area contributed by atoms with E-state index in [4.69, 9.17) is 16.0 Å². The molecule has 146 valence electrons. The summed E-state index contributed by atoms with van der Waals surface area (Å²) in [5, 5.41) is 1.20. The molecule has 1 fully saturated rings. The standard InChI is InChI=1S/C20H28ClN3O2Si/c1-8-20(5)11-14(15(16(20)25)26-27(6,7)19(2,3)4)24-10-9-13-17(21)22-12-23-18(13)24/h8-10,12,14-15H,1,11H2,2-7H3/t14-,15?,20+/m1/s1. The third kappa shape index (κ3) is 3.28. The first-order valence-corrected chi connectivity index (χ1v) is 12.5. The minimum Gasteiger partial charge on any atom is -0.405 e. The monoisotopic (exact) mass is 405 g/mol. The van der Waals surface area contributed by atoms with Crippen LogP contribution in [0.15, 0.2) is 31.2 Å². The fraction of sp³-hybridized carbons (Fsp3) is 0.550. The molecule has 0 aromatic carbocycles. The zero-order valence-electron chi connectivity index (χ0n) is 16.9. The van der Waals surface area contributed by atoms with Gasteiger partial charge in [-0.1, -0.05) is 38.4 Å². The van der Waals surface area contributed by atoms with Crippen LogP contribution < -0.4 is 0 Å². The van der Waals surface area contributed by atoms with Crippen molar-refractivity contribution in [3.63, 3.8) is 0 Å². The molecule has 5 nitrogen and oxygen atoms in total. The van der Waals surface area contributed by atoms with Gasteiger partial charge in [0.05, 0.1) is 11.4 Å². The van der Waals surface area contributed by atoms with Gasteiger partial charge in [-0.15, -0.1) is 6.58 Å². The lowest BCUT2D eigenvalue weighted by atomic mass is 9.88. The number of carbonyl (C=O) groups is 1. The van der Waals surface area contributed by atoms with Crippen LogP contribution in [-0.4, -0.2) is 34.7 Å². The van der Waals surface area contributed by atoms with E-state index < -0.39 is 19.8 Å². The van der Waals surface area contributed by atoms with E-state index in [0.717, 1.165) is 11.0 Å². The van der Waals surface area contributed by atoms with Crippen molar-refractivity contribution in [3.8, 4) is 0 Å². The summed E-state index contributed by atoms with van der Waals surface area (Å²) in [5.74, 6) is 0.0920. The minimum absolute atomic E-state index is 0.00916. The molecule has 0 amide bonds. The zero-order valence-corrected chi connectivity index (χ0v) is 18.7. The second-order valence-electron chi connectivity index (χ2n) is 9.18. The molecule has 0 saturated heterocycles. The number of carbonyl (C=O) groups excluding carboxylic acids is 1. The van der Waals surface area contributed by atoms with E-state index in [-0.39, 0.29) is 16.9 Å². The van der Waals surface area contributed by atoms with E-state index in [1.54, 1.807) is 6.08 Å². The molecule has 7 heteroatoms. The van der Waals surface area contributed by atoms with Crippen molar-refractivity contribution >= 4 is 36.7 Å². The quantitative estimate of drug-likeness (QED) is 0.399. The van der Waals surface area contributed by atoms with Crippen molar-refractivity contribution in [2.24, 2.45) is 5.41 Å². The van der Waals surface area contributed by atoms with Crippen molar-refractivity contribution in [3.05, 3.63) is 36.4 Å². The Labute approximate surface area is 166 Å². The van der Waals surface area contributed by atoms with Gasteiger partial charge in [-0.2, -0.15) is 0 Å². The molecule has 0 radical (unpaired) electrons. The summed E-state index contributed by atoms with van der Waals surface area (Å²) in [4.78, 5) is 21.8. The summed E-state index contributed by atoms with van der Waals surface area (Å²) in [7, 11) is -2.15. The molecular weight excluding hydrogens is 378 g/mol. The van der Waals surface area contributed by atoms with E-state index in [2.05, 4.69) is 50.4 Å². The Morgan fingerprint density at radius 2 is 2.07 bits per heavy atom. The lowest BCUT2D eigenvalue weighted by molar-refractivity contribution is -0.129. The number of hydrogen-bond donors (Lipinski definition) is 0. The highest BCUT2D eigenvalue weighted by Gasteiger charge is 2.53. The number of halogens is 1. The van der Waals surface area contributed by atoms with Crippen molar-refractivity contribution in [1.29, 1.82) is 0 Å². The lowest BCUT2D eigenvalue weighted by Gasteiger charge is -2.39. The second kappa shape index (κ2) is 6.53. The third-order valence-electron chi connectivity index (χ3n) is 6.30. The van der Waals surface area contributed by atoms with Crippen LogP contribution in [0.25, 0.3) is 11.0 Å². The Morgan fingerprint density at radius 1 is 1.41 bits per heavy atom. The van der Waals surface area contributed by atoms with Gasteiger partial charge in [-0.05, 0) is 37.5 Å². The number of ketones is 1. The van der Waals surface area contributed by atoms with Gasteiger partial charge in [-0.25, -0.2) is 9.97 Å². The van der Waals surface area contributed by atoms with E-state index in [1.807, 2.05) is 23.8 Å². The average molecular weight is 406 g/mol. The minimum atomic E-state index is -2.15. The van der Waals surface area contributed by atoms with Gasteiger partial charge in [0.15, 0.2) is 14.1 Å². The van der Waals surface area contributed by atoms with Crippen LogP contribution in [0.1, 0.15) is 40.2 Å². The average Bonchev–Trinajstić information content (AvgIpc) is 3.10. The van der Waals surface area contributed by atoms with Crippen molar-refractivity contribution in [1.82, 2.24) is 14.5 Å². The van der Waals surface area contributed by atoms with Crippen LogP contribution in [-0.2, 0) is 9.22 Å². The predicted octanol–water partition coefficient (Wildman–Crippen LogP) is 5.18. The molecule has 1 saturated carbocycles. The van der Waals surface area contributed by atoms with Gasteiger partial charge >= 0.3 is 0 Å². The predicted molar refractivity (Wildman–Crippen MR) is 112 cm³/mol. The molecule has 2 heterocycles. The number of hydrogen-bond acceptors (Lipinski definition) is 4. The summed E-state index contributed by atoms with van der Waals surface area (Å²) < 4.78 is 8.65. The summed E-state index contributed by atoms with van der Waals surface area (Å²) in [6.07, 6.45) is 5.23. The molecule has 1 unspecified atom stereocenters. The molecule has 3 rings (SSSR count). The molecule has 27 heavy (non-hydrogen) atoms. The number of Topliss-reactive ketones (excluding diaryl/α,β-unsaturated/α-hetero) is 1. The van der Waals surface area contributed by atoms with E-state index >= 15 is 0 Å². The topological polar surface area (TPSA) is 57.0 Å². The van der Waals surface area contributed by atoms with Crippen molar-refractivity contribution in [2.45, 2.75) is 64.4 Å². The molecule has 1 aliphatic carbocycles. The molecule has 0 spiro atoms. The first-order valence-electron chi connectivity index (χ1n) is 9.24. The van der Waals surface area contributed by atoms with Crippen LogP contribution in [0.2, 0.25) is 23.3 Å². The van der Waals surface area contributed by atoms with Crippen LogP contribution in [0.3, 0.4) is 0 Å². The highest BCUT2D eigenvalue weighted by atomic mass is 35.5. The first kappa shape index (κ1) is 20.2. The highest BCUT2D eigenvalue weighted by Crippen LogP contribution is 2.48. The van der Waals surface area contributed by atoms with Gasteiger partial charge in [0.2, 0.25) is 0 Å². The number of nitrogens with zero attached hydrogens (tertiary/aromatic N) is 3. The summed E-state index contributed by atoms with van der Waals surface area (Å²) >= 11 is 6.22. The Kier molecular flexibility index (Phi) is 4.90. The van der Waals surface area contributed by atoms with Gasteiger partial charge < -0.3 is 8.99 Å². The van der Waals surface area contributed by atoms with Crippen LogP contribution in [0, 0.1) is 5.41 Å². The molecular formula is C20H28ClN3O2Si. The molecule has 0 N–H and O–H groups in total. The van der Waals surface area contributed by atoms with Gasteiger partial charge in [0.1, 0.15) is 23.2 Å². The second-order valence-corrected chi connectivity index (χ2v) is 14.3. The van der Waals surface area contributed by atoms with E-state index in [9.17, 15) is 4.79 Å². The molecule has 3 atom stereocenters. The fourth-order valence-corrected chi connectivity index (χ4v) is 4.85. The Bertz CT molecular complexity index is 902. The molecule has 0 bridgehead atoms. The third-order valence-corrected chi connectivity index (χ3v) is 11.1. The van der Waals surface area contributed by atoms with Crippen LogP contribution in [0.4, 0.5) is 0 Å². The fourth-order valence-electron chi connectivity index (χ4n) is 3.40. The maximum Gasteiger partial charge on any atom is 0.193 e. The van der Waals surface area contributed by atoms with E-state index in [0.29, 0.717) is 11.6 Å². The molecule has 1 aliphatic rings. The maximum atomic E-state index is 13.3. The normalized spacial score (nSPS) is 26.7. The van der Waals surface area contributed by atoms with Gasteiger partial charge in [0.25, 0.3) is 0 Å². The van der Waals surface area contributed by atoms with Crippen molar-refractivity contribution in [2.75, 3.05) is 0 Å². The SMILES string of the molecule is C=C[C@@]1(C)C[C@@H](n2ccc3c(Cl)ncnc32)C(O[Si](C)(C)C(C)(C)C)C1=O. The number of allylic oxidation sites excluding steroid dienone is 1. The molecule has 2 aromatic heterocycles. The van der Waals surface area contributed by atoms with Crippen LogP contribution >= 0.6 is 11.6 Å². The Morgan fingerprint density at radius 3 is 2.67 bits per heavy atom. The number of rotatable bonds is 4. The summed E-state index contributed by atoms with van der Waals surface area (Å²) in [5.41, 5.74) is 0.107. The molecule has 0 aliphatic heterocycles. The Hall–Kier alpha value is -1.50. The van der Waals surface area contributed by atoms with Gasteiger partial charge in [0, 0.05) is 11.6 Å².